The van der Waals surface area contributed by atoms with Gasteiger partial charge in [-0.3, -0.25) is 0 Å². The molecular weight excluding hydrogens is 232 g/mol. The molecule has 0 saturated heterocycles. The first kappa shape index (κ1) is 9.60. The van der Waals surface area contributed by atoms with Gasteiger partial charge in [0.2, 0.25) is 0 Å². The molecule has 1 N–H and O–H groups in total. The zero-order valence-corrected chi connectivity index (χ0v) is 12.3. The number of aliphatic hydroxyl groups is 1. The smallest absolute Gasteiger partial charge is 0.0431 e. The third kappa shape index (κ3) is 17.7. The summed E-state index contributed by atoms with van der Waals surface area (Å²) in [5, 5.41) is 8.68. The third-order valence-electron chi connectivity index (χ3n) is 3.21. The Labute approximate surface area is 131 Å². The maximum absolute atomic E-state index is 8.68. The summed E-state index contributed by atoms with van der Waals surface area (Å²) in [6.45, 7) is -2.65. The summed E-state index contributed by atoms with van der Waals surface area (Å²) in [7, 11) is 0. The summed E-state index contributed by atoms with van der Waals surface area (Å²) in [5.74, 6) is 0. The second-order valence-corrected chi connectivity index (χ2v) is 5.01. The molecule has 0 amide bonds. The fraction of sp³-hybridized carbons (Fsp3) is 0.889. The van der Waals surface area contributed by atoms with Crippen LogP contribution in [0.4, 0.5) is 0 Å². The van der Waals surface area contributed by atoms with E-state index in [-0.39, 0.29) is 6.42 Å². The van der Waals surface area contributed by atoms with Gasteiger partial charge in [0.25, 0.3) is 0 Å². The van der Waals surface area contributed by atoms with Gasteiger partial charge in [0, 0.05) is 16.2 Å². The molecular formula is C18H36O. The molecule has 0 unspecified atom stereocenters. The van der Waals surface area contributed by atoms with Crippen molar-refractivity contribution in [1.82, 2.24) is 0 Å². The first-order chi connectivity index (χ1) is 12.1. The predicted octanol–water partition coefficient (Wildman–Crippen LogP) is 6.02. The van der Waals surface area contributed by atoms with Crippen molar-refractivity contribution in [3.05, 3.63) is 12.2 Å². The van der Waals surface area contributed by atoms with Gasteiger partial charge in [0.05, 0.1) is 0 Å². The standard InChI is InChI=1S/C18H36O/c1-2-3-4-5-6-7-8-9-10-11-12-13-14-15-16-17-18-19/h9-10,19H,2-8,11-18H2,1H3/b10-9+/i1D3,2D2,3D2. The maximum Gasteiger partial charge on any atom is 0.0431 e. The summed E-state index contributed by atoms with van der Waals surface area (Å²) < 4.78 is 52.1. The Kier molecular flexibility index (Phi) is 8.95. The van der Waals surface area contributed by atoms with E-state index in [0.717, 1.165) is 38.5 Å². The number of hydrogen-bond acceptors (Lipinski definition) is 1. The second-order valence-electron chi connectivity index (χ2n) is 5.01. The first-order valence-corrected chi connectivity index (χ1v) is 7.82. The van der Waals surface area contributed by atoms with Gasteiger partial charge in [-0.15, -0.1) is 0 Å². The van der Waals surface area contributed by atoms with Crippen LogP contribution in [0.3, 0.4) is 0 Å². The molecule has 0 spiro atoms. The van der Waals surface area contributed by atoms with E-state index in [4.69, 9.17) is 14.7 Å². The van der Waals surface area contributed by atoms with Crippen molar-refractivity contribution >= 4 is 0 Å². The second kappa shape index (κ2) is 17.7. The molecule has 0 aromatic heterocycles. The average Bonchev–Trinajstić information content (AvgIpc) is 2.54. The zero-order chi connectivity index (χ0) is 20.1. The number of aliphatic hydroxyl groups excluding tert-OH is 1. The molecule has 1 nitrogen and oxygen atoms in total. The van der Waals surface area contributed by atoms with Gasteiger partial charge in [0.1, 0.15) is 0 Å². The Bertz CT molecular complexity index is 378. The van der Waals surface area contributed by atoms with Crippen LogP contribution in [0.5, 0.6) is 0 Å². The van der Waals surface area contributed by atoms with Crippen LogP contribution < -0.4 is 0 Å². The van der Waals surface area contributed by atoms with Crippen LogP contribution in [0.2, 0.25) is 0 Å². The van der Waals surface area contributed by atoms with E-state index < -0.39 is 19.6 Å². The molecule has 0 aromatic rings. The minimum Gasteiger partial charge on any atom is -0.396 e. The van der Waals surface area contributed by atoms with E-state index in [1.54, 1.807) is 0 Å². The van der Waals surface area contributed by atoms with Crippen molar-refractivity contribution in [2.45, 2.75) is 96.6 Å². The monoisotopic (exact) mass is 275 g/mol. The van der Waals surface area contributed by atoms with Gasteiger partial charge in [-0.25, -0.2) is 0 Å². The molecule has 114 valence electrons. The highest BCUT2D eigenvalue weighted by Crippen LogP contribution is 2.09. The molecule has 0 bridgehead atoms. The van der Waals surface area contributed by atoms with Crippen molar-refractivity contribution in [3.8, 4) is 0 Å². The lowest BCUT2D eigenvalue weighted by atomic mass is 10.1. The van der Waals surface area contributed by atoms with E-state index in [1.807, 2.05) is 0 Å². The van der Waals surface area contributed by atoms with Crippen LogP contribution >= 0.6 is 0 Å². The van der Waals surface area contributed by atoms with E-state index >= 15 is 0 Å². The fourth-order valence-corrected chi connectivity index (χ4v) is 2.03. The largest absolute Gasteiger partial charge is 0.396 e. The Morgan fingerprint density at radius 3 is 1.89 bits per heavy atom. The average molecular weight is 276 g/mol. The number of hydrogen-bond donors (Lipinski definition) is 1. The summed E-state index contributed by atoms with van der Waals surface area (Å²) in [5.41, 5.74) is 0. The Balaban J connectivity index is 3.69. The molecule has 0 rings (SSSR count). The van der Waals surface area contributed by atoms with Gasteiger partial charge in [-0.05, 0) is 32.1 Å². The third-order valence-corrected chi connectivity index (χ3v) is 3.21. The Hall–Kier alpha value is -0.300. The zero-order valence-electron chi connectivity index (χ0n) is 19.3. The molecule has 0 heterocycles. The van der Waals surface area contributed by atoms with Crippen molar-refractivity contribution in [2.24, 2.45) is 0 Å². The van der Waals surface area contributed by atoms with Crippen molar-refractivity contribution in [3.63, 3.8) is 0 Å². The molecule has 0 fully saturated rings. The van der Waals surface area contributed by atoms with Gasteiger partial charge >= 0.3 is 0 Å². The molecule has 1 heteroatoms. The van der Waals surface area contributed by atoms with Crippen molar-refractivity contribution in [1.29, 1.82) is 0 Å². The van der Waals surface area contributed by atoms with Gasteiger partial charge in [0.15, 0.2) is 0 Å². The maximum atomic E-state index is 8.68. The van der Waals surface area contributed by atoms with Crippen molar-refractivity contribution < 1.29 is 14.7 Å². The molecule has 0 saturated carbocycles. The quantitative estimate of drug-likeness (QED) is 0.286. The number of unbranched alkanes of at least 4 members (excludes halogenated alkanes) is 9. The molecule has 19 heavy (non-hydrogen) atoms. The SMILES string of the molecule is [2H]C([2H])([2H])C([2H])([2H])C([2H])([2H])CCCCC/C=C/CCCCCCCCO. The van der Waals surface area contributed by atoms with Crippen LogP contribution in [0, 0.1) is 0 Å². The first-order valence-electron chi connectivity index (χ1n) is 11.3. The lowest BCUT2D eigenvalue weighted by molar-refractivity contribution is 0.282. The van der Waals surface area contributed by atoms with E-state index in [9.17, 15) is 0 Å². The van der Waals surface area contributed by atoms with Crippen LogP contribution in [-0.4, -0.2) is 11.7 Å². The highest BCUT2D eigenvalue weighted by molar-refractivity contribution is 4.81. The summed E-state index contributed by atoms with van der Waals surface area (Å²) >= 11 is 0. The number of rotatable bonds is 15. The summed E-state index contributed by atoms with van der Waals surface area (Å²) in [4.78, 5) is 0. The van der Waals surface area contributed by atoms with E-state index in [0.29, 0.717) is 13.0 Å². The lowest BCUT2D eigenvalue weighted by Crippen LogP contribution is -1.83. The minimum absolute atomic E-state index is 0.0710. The fourth-order valence-electron chi connectivity index (χ4n) is 2.03. The molecule has 0 atom stereocenters. The summed E-state index contributed by atoms with van der Waals surface area (Å²) in [6.07, 6.45) is 10.1. The van der Waals surface area contributed by atoms with Crippen LogP contribution in [0.15, 0.2) is 12.2 Å². The minimum atomic E-state index is -2.95. The van der Waals surface area contributed by atoms with Crippen LogP contribution in [0.1, 0.15) is 106 Å². The summed E-state index contributed by atoms with van der Waals surface area (Å²) in [6, 6.07) is 0. The van der Waals surface area contributed by atoms with Gasteiger partial charge in [-0.2, -0.15) is 0 Å². The van der Waals surface area contributed by atoms with E-state index in [2.05, 4.69) is 12.2 Å². The lowest BCUT2D eigenvalue weighted by Gasteiger charge is -1.99. The van der Waals surface area contributed by atoms with Crippen molar-refractivity contribution in [2.75, 3.05) is 6.61 Å². The molecule has 0 radical (unpaired) electrons. The van der Waals surface area contributed by atoms with Crippen LogP contribution in [-0.2, 0) is 0 Å². The Morgan fingerprint density at radius 2 is 1.32 bits per heavy atom. The van der Waals surface area contributed by atoms with Gasteiger partial charge < -0.3 is 5.11 Å². The predicted molar refractivity (Wildman–Crippen MR) is 86.5 cm³/mol. The number of allylic oxidation sites excluding steroid dienone is 2. The molecule has 0 aliphatic rings. The molecule has 0 aliphatic carbocycles. The highest BCUT2D eigenvalue weighted by atomic mass is 16.2. The highest BCUT2D eigenvalue weighted by Gasteiger charge is 1.90. The normalized spacial score (nSPS) is 19.1. The van der Waals surface area contributed by atoms with E-state index in [1.165, 1.54) is 25.7 Å². The molecule has 0 aromatic carbocycles. The Morgan fingerprint density at radius 1 is 0.789 bits per heavy atom. The molecule has 0 aliphatic heterocycles. The topological polar surface area (TPSA) is 20.2 Å². The van der Waals surface area contributed by atoms with Gasteiger partial charge in [-0.1, -0.05) is 76.7 Å². The van der Waals surface area contributed by atoms with Crippen LogP contribution in [0.25, 0.3) is 0 Å².